The van der Waals surface area contributed by atoms with Gasteiger partial charge in [0.1, 0.15) is 8.80 Å². The minimum absolute atomic E-state index is 1.23. The summed E-state index contributed by atoms with van der Waals surface area (Å²) < 4.78 is 0. The number of hydrogen-bond acceptors (Lipinski definition) is 0. The average Bonchev–Trinajstić information content (AvgIpc) is 2.81. The third-order valence-corrected chi connectivity index (χ3v) is 7.36. The number of benzene rings is 2. The Morgan fingerprint density at radius 1 is 0.789 bits per heavy atom. The van der Waals surface area contributed by atoms with Gasteiger partial charge >= 0.3 is 0 Å². The molecule has 94 valence electrons. The Hall–Kier alpha value is -1.86. The molecule has 0 saturated heterocycles. The molecule has 2 aromatic carbocycles. The maximum absolute atomic E-state index is 2.32. The molecule has 0 aliphatic carbocycles. The lowest BCUT2D eigenvalue weighted by Crippen LogP contribution is -2.40. The van der Waals surface area contributed by atoms with Gasteiger partial charge in [0.25, 0.3) is 0 Å². The molecule has 0 nitrogen and oxygen atoms in total. The number of allylic oxidation sites excluding steroid dienone is 4. The van der Waals surface area contributed by atoms with Crippen LogP contribution in [0.5, 0.6) is 0 Å². The van der Waals surface area contributed by atoms with Crippen molar-refractivity contribution in [2.45, 2.75) is 13.8 Å². The molecule has 0 spiro atoms. The van der Waals surface area contributed by atoms with E-state index < -0.39 is 8.80 Å². The predicted octanol–water partition coefficient (Wildman–Crippen LogP) is 2.93. The summed E-state index contributed by atoms with van der Waals surface area (Å²) in [5.41, 5.74) is 2.89. The first-order valence-electron chi connectivity index (χ1n) is 6.84. The van der Waals surface area contributed by atoms with Crippen LogP contribution in [0.3, 0.4) is 0 Å². The van der Waals surface area contributed by atoms with E-state index in [1.807, 2.05) is 0 Å². The van der Waals surface area contributed by atoms with E-state index in [1.165, 1.54) is 16.3 Å². The Bertz CT molecular complexity index is 650. The molecular weight excluding hydrogens is 244 g/mol. The summed E-state index contributed by atoms with van der Waals surface area (Å²) in [6, 6.07) is 19.9. The summed E-state index contributed by atoms with van der Waals surface area (Å²) in [7, 11) is -1.23. The molecule has 0 amide bonds. The molecule has 0 fully saturated rings. The molecule has 1 aliphatic rings. The van der Waals surface area contributed by atoms with E-state index in [0.29, 0.717) is 0 Å². The summed E-state index contributed by atoms with van der Waals surface area (Å²) in [6.45, 7) is 4.32. The molecule has 0 N–H and O–H groups in total. The van der Waals surface area contributed by atoms with E-state index in [0.717, 1.165) is 0 Å². The van der Waals surface area contributed by atoms with Gasteiger partial charge in [-0.25, -0.2) is 0 Å². The molecule has 1 heteroatoms. The van der Waals surface area contributed by atoms with Crippen LogP contribution in [0.25, 0.3) is 5.57 Å². The van der Waals surface area contributed by atoms with Crippen LogP contribution in [0.2, 0.25) is 0 Å². The van der Waals surface area contributed by atoms with Gasteiger partial charge in [0.05, 0.1) is 0 Å². The second kappa shape index (κ2) is 5.02. The zero-order valence-corrected chi connectivity index (χ0v) is 12.6. The number of rotatable bonds is 1. The van der Waals surface area contributed by atoms with Crippen molar-refractivity contribution < 1.29 is 0 Å². The molecule has 2 aromatic rings. The largest absolute Gasteiger partial charge is 0.134 e. The van der Waals surface area contributed by atoms with Crippen molar-refractivity contribution in [1.82, 2.24) is 0 Å². The van der Waals surface area contributed by atoms with Gasteiger partial charge in [0.2, 0.25) is 0 Å². The van der Waals surface area contributed by atoms with Crippen molar-refractivity contribution in [2.24, 2.45) is 0 Å². The highest BCUT2D eigenvalue weighted by atomic mass is 28.3. The Morgan fingerprint density at radius 2 is 1.47 bits per heavy atom. The third-order valence-electron chi connectivity index (χ3n) is 3.92. The van der Waals surface area contributed by atoms with Crippen LogP contribution >= 0.6 is 0 Å². The summed E-state index contributed by atoms with van der Waals surface area (Å²) >= 11 is 0. The molecule has 1 aliphatic heterocycles. The van der Waals surface area contributed by atoms with Crippen molar-refractivity contribution in [1.29, 1.82) is 0 Å². The zero-order chi connectivity index (χ0) is 13.2. The summed E-state index contributed by atoms with van der Waals surface area (Å²) in [5, 5.41) is 4.64. The highest BCUT2D eigenvalue weighted by Gasteiger charge is 2.32. The molecule has 0 aromatic heterocycles. The lowest BCUT2D eigenvalue weighted by Gasteiger charge is -2.12. The van der Waals surface area contributed by atoms with E-state index in [9.17, 15) is 0 Å². The molecule has 1 atom stereocenters. The molecular formula is C18H18Si. The zero-order valence-electron chi connectivity index (χ0n) is 11.4. The minimum Gasteiger partial charge on any atom is -0.0873 e. The Kier molecular flexibility index (Phi) is 3.22. The third kappa shape index (κ3) is 1.91. The van der Waals surface area contributed by atoms with Gasteiger partial charge in [-0.05, 0) is 35.4 Å². The first-order valence-corrected chi connectivity index (χ1v) is 8.57. The van der Waals surface area contributed by atoms with E-state index >= 15 is 0 Å². The molecule has 1 unspecified atom stereocenters. The predicted molar refractivity (Wildman–Crippen MR) is 86.7 cm³/mol. The molecule has 0 bridgehead atoms. The smallest absolute Gasteiger partial charge is 0.0873 e. The van der Waals surface area contributed by atoms with Crippen molar-refractivity contribution in [3.63, 3.8) is 0 Å². The second-order valence-corrected chi connectivity index (χ2v) is 7.65. The van der Waals surface area contributed by atoms with Crippen LogP contribution in [0.15, 0.2) is 71.9 Å². The van der Waals surface area contributed by atoms with Crippen LogP contribution in [0, 0.1) is 0 Å². The van der Waals surface area contributed by atoms with Gasteiger partial charge in [-0.2, -0.15) is 0 Å². The Morgan fingerprint density at radius 3 is 2.16 bits per heavy atom. The average molecular weight is 262 g/mol. The molecule has 0 saturated carbocycles. The second-order valence-electron chi connectivity index (χ2n) is 4.88. The minimum atomic E-state index is -1.23. The van der Waals surface area contributed by atoms with Gasteiger partial charge in [0.15, 0.2) is 0 Å². The van der Waals surface area contributed by atoms with E-state index in [2.05, 4.69) is 80.6 Å². The topological polar surface area (TPSA) is 0 Å². The van der Waals surface area contributed by atoms with Crippen LogP contribution in [0.4, 0.5) is 0 Å². The Balaban J connectivity index is 2.25. The van der Waals surface area contributed by atoms with Crippen molar-refractivity contribution in [2.75, 3.05) is 0 Å². The lowest BCUT2D eigenvalue weighted by atomic mass is 10.1. The van der Waals surface area contributed by atoms with Crippen molar-refractivity contribution in [3.05, 3.63) is 77.5 Å². The van der Waals surface area contributed by atoms with E-state index in [1.54, 1.807) is 10.4 Å². The highest BCUT2D eigenvalue weighted by molar-refractivity contribution is 6.95. The normalized spacial score (nSPS) is 21.9. The molecule has 0 radical (unpaired) electrons. The first-order chi connectivity index (χ1) is 9.36. The first kappa shape index (κ1) is 12.2. The highest BCUT2D eigenvalue weighted by Crippen LogP contribution is 2.30. The fourth-order valence-corrected chi connectivity index (χ4v) is 6.61. The molecule has 1 heterocycles. The van der Waals surface area contributed by atoms with Gasteiger partial charge in [-0.3, -0.25) is 0 Å². The molecule has 3 rings (SSSR count). The Labute approximate surface area is 116 Å². The summed E-state index contributed by atoms with van der Waals surface area (Å²) in [4.78, 5) is 0. The van der Waals surface area contributed by atoms with Crippen LogP contribution in [-0.2, 0) is 0 Å². The van der Waals surface area contributed by atoms with Gasteiger partial charge < -0.3 is 0 Å². The van der Waals surface area contributed by atoms with Crippen LogP contribution in [-0.4, -0.2) is 8.80 Å². The lowest BCUT2D eigenvalue weighted by molar-refractivity contribution is 1.63. The fraction of sp³-hybridized carbons (Fsp3) is 0.111. The van der Waals surface area contributed by atoms with Crippen LogP contribution < -0.4 is 10.4 Å². The number of fused-ring (bicyclic) bond motifs is 1. The monoisotopic (exact) mass is 262 g/mol. The summed E-state index contributed by atoms with van der Waals surface area (Å²) in [5.74, 6) is 0. The summed E-state index contributed by atoms with van der Waals surface area (Å²) in [6.07, 6.45) is 4.59. The van der Waals surface area contributed by atoms with Crippen molar-refractivity contribution >= 4 is 24.7 Å². The molecule has 19 heavy (non-hydrogen) atoms. The van der Waals surface area contributed by atoms with Gasteiger partial charge in [-0.15, -0.1) is 0 Å². The van der Waals surface area contributed by atoms with Gasteiger partial charge in [0, 0.05) is 0 Å². The van der Waals surface area contributed by atoms with E-state index in [4.69, 9.17) is 0 Å². The van der Waals surface area contributed by atoms with Crippen molar-refractivity contribution in [3.8, 4) is 0 Å². The number of hydrogen-bond donors (Lipinski definition) is 0. The van der Waals surface area contributed by atoms with E-state index in [-0.39, 0.29) is 0 Å². The fourth-order valence-electron chi connectivity index (χ4n) is 3.12. The SMILES string of the molecule is C/C=C1\C(=C/C)[SiH](c2ccccc2)c2ccccc21. The maximum atomic E-state index is 2.32. The van der Waals surface area contributed by atoms with Gasteiger partial charge in [-0.1, -0.05) is 71.9 Å². The van der Waals surface area contributed by atoms with Crippen LogP contribution in [0.1, 0.15) is 19.4 Å². The quantitative estimate of drug-likeness (QED) is 0.693. The maximum Gasteiger partial charge on any atom is 0.134 e. The standard InChI is InChI=1S/C18H18Si/c1-3-15-16-12-8-9-13-18(16)19(17(15)4-2)14-10-6-5-7-11-14/h3-13,19H,1-2H3/b15-3-,17-4+.